The SMILES string of the molecule is CCCCCCCCCCC/C=C\C/C=C\CCCCCCCCCCCCCCCCC(O)C(=O)NC(CO)C(O)/C=C/CCCCCCCCCCCCCCCCCC. The number of carbonyl (C=O) groups excluding carboxylic acids is 1. The molecule has 0 aromatic rings. The van der Waals surface area contributed by atoms with Gasteiger partial charge < -0.3 is 20.6 Å². The molecule has 0 aliphatic heterocycles. The van der Waals surface area contributed by atoms with Crippen LogP contribution in [-0.4, -0.2) is 46.1 Å². The average Bonchev–Trinajstić information content (AvgIpc) is 3.28. The Balaban J connectivity index is 3.56. The maximum Gasteiger partial charge on any atom is 0.249 e. The second-order valence-corrected chi connectivity index (χ2v) is 19.1. The number of carbonyl (C=O) groups is 1. The van der Waals surface area contributed by atoms with Crippen molar-refractivity contribution in [2.24, 2.45) is 0 Å². The van der Waals surface area contributed by atoms with Crippen LogP contribution in [0.4, 0.5) is 0 Å². The van der Waals surface area contributed by atoms with Crippen molar-refractivity contribution in [3.8, 4) is 0 Å². The molecule has 3 atom stereocenters. The molecule has 0 aromatic carbocycles. The fourth-order valence-electron chi connectivity index (χ4n) is 8.63. The fraction of sp³-hybridized carbons (Fsp3) is 0.877. The van der Waals surface area contributed by atoms with Crippen LogP contribution in [-0.2, 0) is 4.79 Å². The Bertz CT molecular complexity index is 962. The predicted molar refractivity (Wildman–Crippen MR) is 273 cm³/mol. The summed E-state index contributed by atoms with van der Waals surface area (Å²) in [5.74, 6) is -0.500. The molecule has 0 saturated heterocycles. The summed E-state index contributed by atoms with van der Waals surface area (Å²) in [6.07, 6.45) is 67.9. The number of aliphatic hydroxyl groups excluding tert-OH is 3. The number of hydrogen-bond acceptors (Lipinski definition) is 4. The van der Waals surface area contributed by atoms with Gasteiger partial charge in [-0.05, 0) is 51.4 Å². The lowest BCUT2D eigenvalue weighted by molar-refractivity contribution is -0.131. The Morgan fingerprint density at radius 2 is 0.694 bits per heavy atom. The van der Waals surface area contributed by atoms with Crippen LogP contribution in [0.25, 0.3) is 0 Å². The van der Waals surface area contributed by atoms with Gasteiger partial charge >= 0.3 is 0 Å². The molecule has 0 bridgehead atoms. The Kier molecular flexibility index (Phi) is 51.0. The molecule has 5 heteroatoms. The maximum atomic E-state index is 12.5. The highest BCUT2D eigenvalue weighted by Crippen LogP contribution is 2.17. The van der Waals surface area contributed by atoms with Crippen LogP contribution in [0, 0.1) is 0 Å². The highest BCUT2D eigenvalue weighted by molar-refractivity contribution is 5.80. The average molecular weight is 873 g/mol. The van der Waals surface area contributed by atoms with E-state index in [1.54, 1.807) is 6.08 Å². The molecule has 1 amide bonds. The molecular weight excluding hydrogens is 763 g/mol. The van der Waals surface area contributed by atoms with Crippen LogP contribution in [0.1, 0.15) is 296 Å². The second-order valence-electron chi connectivity index (χ2n) is 19.1. The van der Waals surface area contributed by atoms with E-state index < -0.39 is 24.2 Å². The molecule has 0 aromatic heterocycles. The molecule has 366 valence electrons. The number of unbranched alkanes of at least 4 members (excludes halogenated alkanes) is 39. The van der Waals surface area contributed by atoms with E-state index in [4.69, 9.17) is 0 Å². The molecule has 0 rings (SSSR count). The number of aliphatic hydroxyl groups is 3. The van der Waals surface area contributed by atoms with Crippen molar-refractivity contribution in [3.63, 3.8) is 0 Å². The van der Waals surface area contributed by atoms with E-state index in [0.717, 1.165) is 38.5 Å². The first kappa shape index (κ1) is 60.6. The molecule has 3 unspecified atom stereocenters. The van der Waals surface area contributed by atoms with E-state index in [0.29, 0.717) is 6.42 Å². The van der Waals surface area contributed by atoms with Gasteiger partial charge in [0.05, 0.1) is 18.8 Å². The molecule has 0 aliphatic rings. The molecule has 4 N–H and O–H groups in total. The molecule has 0 fully saturated rings. The first-order valence-electron chi connectivity index (χ1n) is 27.8. The predicted octanol–water partition coefficient (Wildman–Crippen LogP) is 17.1. The summed E-state index contributed by atoms with van der Waals surface area (Å²) in [6.45, 7) is 4.21. The number of nitrogens with one attached hydrogen (secondary N) is 1. The zero-order chi connectivity index (χ0) is 45.1. The summed E-state index contributed by atoms with van der Waals surface area (Å²) in [5, 5.41) is 33.3. The molecule has 62 heavy (non-hydrogen) atoms. The van der Waals surface area contributed by atoms with Gasteiger partial charge in [0, 0.05) is 0 Å². The van der Waals surface area contributed by atoms with Crippen molar-refractivity contribution in [3.05, 3.63) is 36.5 Å². The Morgan fingerprint density at radius 1 is 0.403 bits per heavy atom. The lowest BCUT2D eigenvalue weighted by Crippen LogP contribution is -2.48. The van der Waals surface area contributed by atoms with Gasteiger partial charge in [-0.2, -0.15) is 0 Å². The quantitative estimate of drug-likeness (QED) is 0.0362. The van der Waals surface area contributed by atoms with Crippen LogP contribution in [0.2, 0.25) is 0 Å². The molecule has 5 nitrogen and oxygen atoms in total. The van der Waals surface area contributed by atoms with E-state index in [-0.39, 0.29) is 6.61 Å². The number of allylic oxidation sites excluding steroid dienone is 5. The van der Waals surface area contributed by atoms with Crippen LogP contribution in [0.3, 0.4) is 0 Å². The van der Waals surface area contributed by atoms with E-state index >= 15 is 0 Å². The second kappa shape index (κ2) is 52.2. The fourth-order valence-corrected chi connectivity index (χ4v) is 8.63. The zero-order valence-electron chi connectivity index (χ0n) is 41.8. The van der Waals surface area contributed by atoms with Crippen molar-refractivity contribution < 1.29 is 20.1 Å². The van der Waals surface area contributed by atoms with Gasteiger partial charge in [-0.1, -0.05) is 281 Å². The molecular formula is C57H109NO4. The van der Waals surface area contributed by atoms with Gasteiger partial charge in [-0.15, -0.1) is 0 Å². The first-order valence-corrected chi connectivity index (χ1v) is 27.8. The molecule has 0 saturated carbocycles. The molecule has 0 radical (unpaired) electrons. The van der Waals surface area contributed by atoms with Crippen molar-refractivity contribution in [2.75, 3.05) is 6.61 Å². The summed E-state index contributed by atoms with van der Waals surface area (Å²) < 4.78 is 0. The van der Waals surface area contributed by atoms with Crippen LogP contribution in [0.15, 0.2) is 36.5 Å². The topological polar surface area (TPSA) is 89.8 Å². The summed E-state index contributed by atoms with van der Waals surface area (Å²) in [7, 11) is 0. The van der Waals surface area contributed by atoms with Crippen molar-refractivity contribution in [1.29, 1.82) is 0 Å². The smallest absolute Gasteiger partial charge is 0.249 e. The summed E-state index contributed by atoms with van der Waals surface area (Å²) in [5.41, 5.74) is 0. The summed E-state index contributed by atoms with van der Waals surface area (Å²) in [4.78, 5) is 12.5. The van der Waals surface area contributed by atoms with Gasteiger partial charge in [0.2, 0.25) is 5.91 Å². The van der Waals surface area contributed by atoms with E-state index in [1.807, 2.05) is 6.08 Å². The zero-order valence-corrected chi connectivity index (χ0v) is 41.8. The van der Waals surface area contributed by atoms with Gasteiger partial charge in [-0.3, -0.25) is 4.79 Å². The third kappa shape index (κ3) is 46.6. The normalized spacial score (nSPS) is 13.6. The minimum Gasteiger partial charge on any atom is -0.394 e. The minimum atomic E-state index is -1.10. The standard InChI is InChI=1S/C57H109NO4/c1-3-5-7-9-11-13-15-17-19-21-23-24-25-26-27-28-29-30-31-32-33-34-36-38-40-42-44-46-48-50-52-56(61)57(62)58-54(53-59)55(60)51-49-47-45-43-41-39-37-35-22-20-18-16-14-12-10-8-6-4-2/h23-24,26-27,49,51,54-56,59-61H,3-22,25,28-48,50,52-53H2,1-2H3,(H,58,62)/b24-23-,27-26-,51-49+. The highest BCUT2D eigenvalue weighted by atomic mass is 16.3. The lowest BCUT2D eigenvalue weighted by Gasteiger charge is -2.21. The van der Waals surface area contributed by atoms with E-state index in [9.17, 15) is 20.1 Å². The molecule has 0 spiro atoms. The first-order chi connectivity index (χ1) is 30.6. The van der Waals surface area contributed by atoms with Crippen LogP contribution < -0.4 is 5.32 Å². The third-order valence-corrected chi connectivity index (χ3v) is 13.0. The summed E-state index contributed by atoms with van der Waals surface area (Å²) in [6, 6.07) is -0.798. The van der Waals surface area contributed by atoms with E-state index in [2.05, 4.69) is 43.5 Å². The molecule has 0 heterocycles. The van der Waals surface area contributed by atoms with Crippen molar-refractivity contribution >= 4 is 5.91 Å². The number of hydrogen-bond donors (Lipinski definition) is 4. The minimum absolute atomic E-state index is 0.362. The van der Waals surface area contributed by atoms with Crippen LogP contribution in [0.5, 0.6) is 0 Å². The van der Waals surface area contributed by atoms with Gasteiger partial charge in [0.25, 0.3) is 0 Å². The van der Waals surface area contributed by atoms with Gasteiger partial charge in [-0.25, -0.2) is 0 Å². The van der Waals surface area contributed by atoms with Crippen molar-refractivity contribution in [1.82, 2.24) is 5.32 Å². The maximum absolute atomic E-state index is 12.5. The summed E-state index contributed by atoms with van der Waals surface area (Å²) >= 11 is 0. The van der Waals surface area contributed by atoms with Gasteiger partial charge in [0.15, 0.2) is 0 Å². The van der Waals surface area contributed by atoms with Gasteiger partial charge in [0.1, 0.15) is 6.10 Å². The highest BCUT2D eigenvalue weighted by Gasteiger charge is 2.22. The Hall–Kier alpha value is -1.43. The van der Waals surface area contributed by atoms with Crippen molar-refractivity contribution in [2.45, 2.75) is 315 Å². The Morgan fingerprint density at radius 3 is 1.02 bits per heavy atom. The monoisotopic (exact) mass is 872 g/mol. The van der Waals surface area contributed by atoms with E-state index in [1.165, 1.54) is 238 Å². The third-order valence-electron chi connectivity index (χ3n) is 13.0. The Labute approximate surface area is 387 Å². The number of rotatable bonds is 51. The largest absolute Gasteiger partial charge is 0.394 e. The lowest BCUT2D eigenvalue weighted by atomic mass is 10.0. The molecule has 0 aliphatic carbocycles. The number of amides is 1. The van der Waals surface area contributed by atoms with Crippen LogP contribution >= 0.6 is 0 Å².